The predicted octanol–water partition coefficient (Wildman–Crippen LogP) is 18.3. The van der Waals surface area contributed by atoms with Gasteiger partial charge in [-0.25, -0.2) is 0 Å². The van der Waals surface area contributed by atoms with Crippen molar-refractivity contribution in [3.05, 3.63) is 270 Å². The quantitative estimate of drug-likeness (QED) is 0.147. The molecule has 0 amide bonds. The average molecular weight is 876 g/mol. The fourth-order valence-electron chi connectivity index (χ4n) is 10.9. The third-order valence-electron chi connectivity index (χ3n) is 14.2. The zero-order valence-electron chi connectivity index (χ0n) is 40.0. The smallest absolute Gasteiger partial charge is 0.0713 e. The number of hydrogen-bond acceptors (Lipinski definition) is 1. The van der Waals surface area contributed by atoms with Crippen molar-refractivity contribution in [1.29, 1.82) is 0 Å². The standard InChI is InChI=1S/C67H57N/c1-65(2,3)51-43-52(66(4,5)6)45-53(44-51)68(63-39-21-18-34-58(63)59-36-23-27-47-26-22-35-55(64(47)59)46-24-10-7-11-25-46)62-38-20-17-32-54(62)48-40-41-57-56-33-16-19-37-60(56)67(61(57)42-48,49-28-12-8-13-29-49)50-30-14-9-15-31-50/h7-45H,1-6H3. The summed E-state index contributed by atoms with van der Waals surface area (Å²) in [5.74, 6) is 0. The SMILES string of the molecule is CC(C)(C)c1cc(N(c2ccccc2-c2ccc3c(c2)C(c2ccccc2)(c2ccccc2)c2ccccc2-3)c2ccccc2-c2cccc3cccc(-c4ccccc4)c23)cc(C(C)(C)C)c1. The van der Waals surface area contributed by atoms with Crippen molar-refractivity contribution in [2.75, 3.05) is 4.90 Å². The molecule has 1 heteroatoms. The largest absolute Gasteiger partial charge is 0.309 e. The van der Waals surface area contributed by atoms with Gasteiger partial charge in [-0.3, -0.25) is 0 Å². The van der Waals surface area contributed by atoms with Crippen LogP contribution in [0.25, 0.3) is 55.3 Å². The molecule has 10 aromatic carbocycles. The Balaban J connectivity index is 1.20. The van der Waals surface area contributed by atoms with Crippen LogP contribution in [0.5, 0.6) is 0 Å². The molecule has 0 unspecified atom stereocenters. The lowest BCUT2D eigenvalue weighted by molar-refractivity contribution is 0.569. The van der Waals surface area contributed by atoms with Gasteiger partial charge in [0.15, 0.2) is 0 Å². The molecule has 1 nitrogen and oxygen atoms in total. The monoisotopic (exact) mass is 875 g/mol. The fraction of sp³-hybridized carbons (Fsp3) is 0.134. The van der Waals surface area contributed by atoms with Crippen molar-refractivity contribution in [1.82, 2.24) is 0 Å². The number of para-hydroxylation sites is 2. The van der Waals surface area contributed by atoms with Gasteiger partial charge >= 0.3 is 0 Å². The molecule has 0 heterocycles. The molecule has 0 saturated heterocycles. The molecule has 11 rings (SSSR count). The van der Waals surface area contributed by atoms with E-state index in [-0.39, 0.29) is 10.8 Å². The van der Waals surface area contributed by atoms with E-state index >= 15 is 0 Å². The molecule has 0 radical (unpaired) electrons. The summed E-state index contributed by atoms with van der Waals surface area (Å²) in [4.78, 5) is 2.56. The predicted molar refractivity (Wildman–Crippen MR) is 290 cm³/mol. The lowest BCUT2D eigenvalue weighted by Crippen LogP contribution is -2.28. The van der Waals surface area contributed by atoms with Gasteiger partial charge in [0.1, 0.15) is 0 Å². The van der Waals surface area contributed by atoms with Crippen molar-refractivity contribution < 1.29 is 0 Å². The summed E-state index contributed by atoms with van der Waals surface area (Å²) >= 11 is 0. The molecule has 0 aliphatic heterocycles. The Kier molecular flexibility index (Phi) is 10.6. The van der Waals surface area contributed by atoms with Crippen molar-refractivity contribution >= 4 is 27.8 Å². The zero-order valence-corrected chi connectivity index (χ0v) is 40.0. The summed E-state index contributed by atoms with van der Waals surface area (Å²) in [5, 5.41) is 2.46. The second kappa shape index (κ2) is 16.8. The maximum absolute atomic E-state index is 2.56. The molecular formula is C67H57N. The Hall–Kier alpha value is -7.74. The van der Waals surface area contributed by atoms with E-state index in [1.807, 2.05) is 0 Å². The van der Waals surface area contributed by atoms with Gasteiger partial charge in [-0.2, -0.15) is 0 Å². The van der Waals surface area contributed by atoms with Gasteiger partial charge in [-0.05, 0) is 119 Å². The third-order valence-corrected chi connectivity index (χ3v) is 14.2. The summed E-state index contributed by atoms with van der Waals surface area (Å²) in [6.45, 7) is 14.0. The average Bonchev–Trinajstić information content (AvgIpc) is 3.67. The van der Waals surface area contributed by atoms with Gasteiger partial charge in [0.05, 0.1) is 16.8 Å². The first kappa shape index (κ1) is 42.9. The summed E-state index contributed by atoms with van der Waals surface area (Å²) in [6, 6.07) is 88.3. The molecule has 0 atom stereocenters. The first-order valence-electron chi connectivity index (χ1n) is 24.1. The van der Waals surface area contributed by atoms with E-state index in [4.69, 9.17) is 0 Å². The highest BCUT2D eigenvalue weighted by Crippen LogP contribution is 2.57. The summed E-state index contributed by atoms with van der Waals surface area (Å²) < 4.78 is 0. The number of rotatable bonds is 8. The maximum Gasteiger partial charge on any atom is 0.0713 e. The van der Waals surface area contributed by atoms with Gasteiger partial charge in [0, 0.05) is 16.8 Å². The normalized spacial score (nSPS) is 13.0. The molecule has 68 heavy (non-hydrogen) atoms. The summed E-state index contributed by atoms with van der Waals surface area (Å²) in [5.41, 5.74) is 20.1. The number of benzene rings is 10. The van der Waals surface area contributed by atoms with Crippen molar-refractivity contribution in [3.63, 3.8) is 0 Å². The Bertz CT molecular complexity index is 3380. The van der Waals surface area contributed by atoms with Crippen molar-refractivity contribution in [2.24, 2.45) is 0 Å². The number of fused-ring (bicyclic) bond motifs is 4. The van der Waals surface area contributed by atoms with E-state index in [1.165, 1.54) is 83.1 Å². The van der Waals surface area contributed by atoms with Gasteiger partial charge in [-0.15, -0.1) is 0 Å². The van der Waals surface area contributed by atoms with Crippen LogP contribution in [0, 0.1) is 0 Å². The molecule has 10 aromatic rings. The molecule has 0 aromatic heterocycles. The van der Waals surface area contributed by atoms with Crippen LogP contribution in [0.15, 0.2) is 237 Å². The van der Waals surface area contributed by atoms with E-state index in [9.17, 15) is 0 Å². The van der Waals surface area contributed by atoms with E-state index in [2.05, 4.69) is 283 Å². The van der Waals surface area contributed by atoms with E-state index in [1.54, 1.807) is 0 Å². The lowest BCUT2D eigenvalue weighted by atomic mass is 9.67. The van der Waals surface area contributed by atoms with Gasteiger partial charge in [0.25, 0.3) is 0 Å². The molecule has 0 saturated carbocycles. The highest BCUT2D eigenvalue weighted by Gasteiger charge is 2.46. The minimum absolute atomic E-state index is 0.0892. The highest BCUT2D eigenvalue weighted by atomic mass is 15.1. The second-order valence-corrected chi connectivity index (χ2v) is 20.5. The van der Waals surface area contributed by atoms with Crippen molar-refractivity contribution in [2.45, 2.75) is 57.8 Å². The van der Waals surface area contributed by atoms with E-state index < -0.39 is 5.41 Å². The molecule has 330 valence electrons. The van der Waals surface area contributed by atoms with Crippen LogP contribution in [0.1, 0.15) is 74.9 Å². The molecule has 1 aliphatic rings. The van der Waals surface area contributed by atoms with Crippen molar-refractivity contribution in [3.8, 4) is 44.5 Å². The number of nitrogens with zero attached hydrogens (tertiary/aromatic N) is 1. The van der Waals surface area contributed by atoms with Crippen LogP contribution in [0.2, 0.25) is 0 Å². The lowest BCUT2D eigenvalue weighted by Gasteiger charge is -2.35. The second-order valence-electron chi connectivity index (χ2n) is 20.5. The maximum atomic E-state index is 2.56. The molecular weight excluding hydrogens is 819 g/mol. The summed E-state index contributed by atoms with van der Waals surface area (Å²) in [6.07, 6.45) is 0. The molecule has 0 fully saturated rings. The molecule has 1 aliphatic carbocycles. The Labute approximate surface area is 403 Å². The molecule has 0 spiro atoms. The number of hydrogen-bond donors (Lipinski definition) is 0. The minimum Gasteiger partial charge on any atom is -0.309 e. The Morgan fingerprint density at radius 3 is 1.40 bits per heavy atom. The third kappa shape index (κ3) is 7.26. The zero-order chi connectivity index (χ0) is 46.6. The van der Waals surface area contributed by atoms with Crippen LogP contribution < -0.4 is 4.90 Å². The fourth-order valence-corrected chi connectivity index (χ4v) is 10.9. The number of anilines is 3. The van der Waals surface area contributed by atoms with E-state index in [0.29, 0.717) is 0 Å². The van der Waals surface area contributed by atoms with Crippen LogP contribution in [0.3, 0.4) is 0 Å². The Morgan fingerprint density at radius 1 is 0.324 bits per heavy atom. The van der Waals surface area contributed by atoms with Crippen LogP contribution in [0.4, 0.5) is 17.1 Å². The first-order chi connectivity index (χ1) is 33.0. The van der Waals surface area contributed by atoms with Gasteiger partial charge < -0.3 is 4.90 Å². The highest BCUT2D eigenvalue weighted by molar-refractivity contribution is 6.09. The summed E-state index contributed by atoms with van der Waals surface area (Å²) in [7, 11) is 0. The van der Waals surface area contributed by atoms with Gasteiger partial charge in [-0.1, -0.05) is 248 Å². The van der Waals surface area contributed by atoms with Crippen LogP contribution in [-0.4, -0.2) is 0 Å². The topological polar surface area (TPSA) is 3.24 Å². The molecule has 0 N–H and O–H groups in total. The Morgan fingerprint density at radius 2 is 0.794 bits per heavy atom. The molecule has 0 bridgehead atoms. The van der Waals surface area contributed by atoms with Crippen LogP contribution in [-0.2, 0) is 16.2 Å². The first-order valence-corrected chi connectivity index (χ1v) is 24.1. The van der Waals surface area contributed by atoms with E-state index in [0.717, 1.165) is 22.6 Å². The minimum atomic E-state index is -0.515. The van der Waals surface area contributed by atoms with Gasteiger partial charge in [0.2, 0.25) is 0 Å². The van der Waals surface area contributed by atoms with Crippen LogP contribution >= 0.6 is 0 Å².